The minimum Gasteiger partial charge on any atom is -0.374 e. The van der Waals surface area contributed by atoms with Crippen molar-refractivity contribution in [1.29, 1.82) is 0 Å². The van der Waals surface area contributed by atoms with Crippen LogP contribution in [0.15, 0.2) is 30.3 Å². The second-order valence-corrected chi connectivity index (χ2v) is 3.51. The van der Waals surface area contributed by atoms with Gasteiger partial charge in [0.05, 0.1) is 0 Å². The summed E-state index contributed by atoms with van der Waals surface area (Å²) in [5.74, 6) is -0.429. The number of para-hydroxylation sites is 1. The van der Waals surface area contributed by atoms with E-state index in [0.29, 0.717) is 12.8 Å². The highest BCUT2D eigenvalue weighted by molar-refractivity contribution is 6.01. The maximum Gasteiger partial charge on any atom is 0.249 e. The maximum absolute atomic E-state index is 11.4. The maximum atomic E-state index is 11.4. The summed E-state index contributed by atoms with van der Waals surface area (Å²) in [4.78, 5) is 22.3. The first-order valence-electron chi connectivity index (χ1n) is 5.91. The molecule has 0 aromatic heterocycles. The summed E-state index contributed by atoms with van der Waals surface area (Å²) < 4.78 is 0. The van der Waals surface area contributed by atoms with Crippen molar-refractivity contribution in [3.05, 3.63) is 30.3 Å². The Morgan fingerprint density at radius 3 is 2.41 bits per heavy atom. The van der Waals surface area contributed by atoms with Gasteiger partial charge in [0.1, 0.15) is 6.04 Å². The van der Waals surface area contributed by atoms with Crippen molar-refractivity contribution in [2.45, 2.75) is 32.7 Å². The molecule has 4 nitrogen and oxygen atoms in total. The van der Waals surface area contributed by atoms with Crippen LogP contribution in [0, 0.1) is 0 Å². The van der Waals surface area contributed by atoms with E-state index in [4.69, 9.17) is 0 Å². The second-order valence-electron chi connectivity index (χ2n) is 3.51. The Hall–Kier alpha value is -1.84. The van der Waals surface area contributed by atoms with Gasteiger partial charge in [0.2, 0.25) is 11.8 Å². The van der Waals surface area contributed by atoms with E-state index in [0.717, 1.165) is 5.69 Å². The molecule has 1 aliphatic rings. The molecule has 1 aliphatic heterocycles. The zero-order valence-corrected chi connectivity index (χ0v) is 10.2. The number of nitrogens with one attached hydrogen (secondary N) is 2. The van der Waals surface area contributed by atoms with Crippen LogP contribution >= 0.6 is 0 Å². The van der Waals surface area contributed by atoms with Gasteiger partial charge in [0.25, 0.3) is 0 Å². The lowest BCUT2D eigenvalue weighted by atomic mass is 10.1. The molecule has 1 atom stereocenters. The average Bonchev–Trinajstić information content (AvgIpc) is 2.37. The molecule has 2 N–H and O–H groups in total. The first-order chi connectivity index (χ1) is 8.25. The molecular weight excluding hydrogens is 216 g/mol. The smallest absolute Gasteiger partial charge is 0.249 e. The van der Waals surface area contributed by atoms with Crippen LogP contribution in [-0.4, -0.2) is 17.9 Å². The third-order valence-corrected chi connectivity index (χ3v) is 2.35. The third-order valence-electron chi connectivity index (χ3n) is 2.35. The topological polar surface area (TPSA) is 58.2 Å². The Kier molecular flexibility index (Phi) is 5.20. The molecule has 1 aromatic rings. The average molecular weight is 234 g/mol. The zero-order valence-electron chi connectivity index (χ0n) is 10.2. The minimum absolute atomic E-state index is 0.189. The van der Waals surface area contributed by atoms with Crippen LogP contribution in [0.5, 0.6) is 0 Å². The Labute approximate surface area is 101 Å². The molecule has 17 heavy (non-hydrogen) atoms. The fourth-order valence-corrected chi connectivity index (χ4v) is 1.57. The predicted octanol–water partition coefficient (Wildman–Crippen LogP) is 1.93. The molecular formula is C13H18N2O2. The van der Waals surface area contributed by atoms with E-state index in [2.05, 4.69) is 10.6 Å². The molecule has 1 aromatic carbocycles. The number of rotatable bonds is 2. The molecule has 1 heterocycles. The van der Waals surface area contributed by atoms with Gasteiger partial charge in [0.15, 0.2) is 0 Å². The van der Waals surface area contributed by atoms with Crippen molar-refractivity contribution in [3.63, 3.8) is 0 Å². The van der Waals surface area contributed by atoms with E-state index in [9.17, 15) is 9.59 Å². The standard InChI is InChI=1S/C11H12N2O2.C2H6/c14-10-7-6-9(11(15)13-10)12-8-4-2-1-3-5-8;1-2/h1-5,9,12H,6-7H2,(H,13,14,15);1-2H3. The first kappa shape index (κ1) is 13.2. The summed E-state index contributed by atoms with van der Waals surface area (Å²) in [7, 11) is 0. The summed E-state index contributed by atoms with van der Waals surface area (Å²) in [5, 5.41) is 5.40. The summed E-state index contributed by atoms with van der Waals surface area (Å²) in [6.45, 7) is 4.00. The highest BCUT2D eigenvalue weighted by Crippen LogP contribution is 2.12. The number of imide groups is 1. The SMILES string of the molecule is CC.O=C1CCC(Nc2ccccc2)C(=O)N1. The second kappa shape index (κ2) is 6.68. The van der Waals surface area contributed by atoms with Crippen LogP contribution < -0.4 is 10.6 Å². The van der Waals surface area contributed by atoms with Gasteiger partial charge in [-0.3, -0.25) is 14.9 Å². The van der Waals surface area contributed by atoms with Gasteiger partial charge >= 0.3 is 0 Å². The fraction of sp³-hybridized carbons (Fsp3) is 0.385. The van der Waals surface area contributed by atoms with Crippen molar-refractivity contribution in [2.24, 2.45) is 0 Å². The molecule has 2 rings (SSSR count). The Bertz CT molecular complexity index is 376. The molecule has 92 valence electrons. The largest absolute Gasteiger partial charge is 0.374 e. The van der Waals surface area contributed by atoms with E-state index in [-0.39, 0.29) is 17.9 Å². The molecule has 4 heteroatoms. The van der Waals surface area contributed by atoms with E-state index in [1.807, 2.05) is 44.2 Å². The van der Waals surface area contributed by atoms with Gasteiger partial charge in [0, 0.05) is 12.1 Å². The lowest BCUT2D eigenvalue weighted by molar-refractivity contribution is -0.133. The van der Waals surface area contributed by atoms with Gasteiger partial charge < -0.3 is 5.32 Å². The molecule has 1 unspecified atom stereocenters. The van der Waals surface area contributed by atoms with Crippen LogP contribution in [0.25, 0.3) is 0 Å². The number of benzene rings is 1. The van der Waals surface area contributed by atoms with Crippen molar-refractivity contribution in [2.75, 3.05) is 5.32 Å². The number of amides is 2. The molecule has 0 radical (unpaired) electrons. The monoisotopic (exact) mass is 234 g/mol. The predicted molar refractivity (Wildman–Crippen MR) is 67.6 cm³/mol. The Morgan fingerprint density at radius 2 is 1.82 bits per heavy atom. The highest BCUT2D eigenvalue weighted by Gasteiger charge is 2.25. The third kappa shape index (κ3) is 3.90. The quantitative estimate of drug-likeness (QED) is 0.769. The van der Waals surface area contributed by atoms with Gasteiger partial charge in [-0.15, -0.1) is 0 Å². The fourth-order valence-electron chi connectivity index (χ4n) is 1.57. The Balaban J connectivity index is 0.000000686. The molecule has 1 saturated heterocycles. The molecule has 0 saturated carbocycles. The lowest BCUT2D eigenvalue weighted by Gasteiger charge is -2.22. The van der Waals surface area contributed by atoms with E-state index in [1.165, 1.54) is 0 Å². The normalized spacial score (nSPS) is 18.8. The van der Waals surface area contributed by atoms with Crippen molar-refractivity contribution >= 4 is 17.5 Å². The van der Waals surface area contributed by atoms with Crippen molar-refractivity contribution < 1.29 is 9.59 Å². The summed E-state index contributed by atoms with van der Waals surface area (Å²) >= 11 is 0. The molecule has 2 amide bonds. The lowest BCUT2D eigenvalue weighted by Crippen LogP contribution is -2.47. The van der Waals surface area contributed by atoms with Crippen molar-refractivity contribution in [1.82, 2.24) is 5.32 Å². The summed E-state index contributed by atoms with van der Waals surface area (Å²) in [6, 6.07) is 9.19. The number of hydrogen-bond acceptors (Lipinski definition) is 3. The van der Waals surface area contributed by atoms with Crippen molar-refractivity contribution in [3.8, 4) is 0 Å². The van der Waals surface area contributed by atoms with E-state index < -0.39 is 0 Å². The first-order valence-corrected chi connectivity index (χ1v) is 5.91. The number of piperidine rings is 1. The molecule has 0 spiro atoms. The van der Waals surface area contributed by atoms with Crippen LogP contribution in [0.4, 0.5) is 5.69 Å². The number of carbonyl (C=O) groups is 2. The van der Waals surface area contributed by atoms with E-state index in [1.54, 1.807) is 0 Å². The van der Waals surface area contributed by atoms with Crippen LogP contribution in [0.1, 0.15) is 26.7 Å². The zero-order chi connectivity index (χ0) is 12.7. The molecule has 0 bridgehead atoms. The highest BCUT2D eigenvalue weighted by atomic mass is 16.2. The van der Waals surface area contributed by atoms with Crippen LogP contribution in [0.3, 0.4) is 0 Å². The van der Waals surface area contributed by atoms with Gasteiger partial charge in [-0.25, -0.2) is 0 Å². The number of anilines is 1. The Morgan fingerprint density at radius 1 is 1.18 bits per heavy atom. The molecule has 1 fully saturated rings. The van der Waals surface area contributed by atoms with E-state index >= 15 is 0 Å². The summed E-state index contributed by atoms with van der Waals surface area (Å²) in [6.07, 6.45) is 0.954. The summed E-state index contributed by atoms with van der Waals surface area (Å²) in [5.41, 5.74) is 0.895. The van der Waals surface area contributed by atoms with Crippen LogP contribution in [0.2, 0.25) is 0 Å². The van der Waals surface area contributed by atoms with Gasteiger partial charge in [-0.1, -0.05) is 32.0 Å². The molecule has 0 aliphatic carbocycles. The van der Waals surface area contributed by atoms with Gasteiger partial charge in [-0.2, -0.15) is 0 Å². The number of hydrogen-bond donors (Lipinski definition) is 2. The van der Waals surface area contributed by atoms with Gasteiger partial charge in [-0.05, 0) is 18.6 Å². The minimum atomic E-state index is -0.301. The van der Waals surface area contributed by atoms with Crippen LogP contribution in [-0.2, 0) is 9.59 Å². The number of carbonyl (C=O) groups excluding carboxylic acids is 2.